The summed E-state index contributed by atoms with van der Waals surface area (Å²) in [5, 5.41) is 8.81. The first-order valence-electron chi connectivity index (χ1n) is 5.46. The SMILES string of the molecule is CC(C)(C)OC(=O)N1CCC(C#N)C(N)C1. The molecule has 2 N–H and O–H groups in total. The maximum atomic E-state index is 11.7. The second-order valence-electron chi connectivity index (χ2n) is 5.11. The van der Waals surface area contributed by atoms with Crippen molar-refractivity contribution >= 4 is 6.09 Å². The Kier molecular flexibility index (Phi) is 3.76. The van der Waals surface area contributed by atoms with Crippen molar-refractivity contribution in [3.63, 3.8) is 0 Å². The standard InChI is InChI=1S/C11H19N3O2/c1-11(2,3)16-10(15)14-5-4-8(6-12)9(13)7-14/h8-9H,4-5,7,13H2,1-3H3. The molecule has 2 unspecified atom stereocenters. The van der Waals surface area contributed by atoms with Gasteiger partial charge in [0.1, 0.15) is 5.60 Å². The summed E-state index contributed by atoms with van der Waals surface area (Å²) in [6.45, 7) is 6.42. The third-order valence-electron chi connectivity index (χ3n) is 2.48. The molecule has 1 heterocycles. The number of likely N-dealkylation sites (tertiary alicyclic amines) is 1. The molecule has 1 aliphatic rings. The monoisotopic (exact) mass is 225 g/mol. The highest BCUT2D eigenvalue weighted by atomic mass is 16.6. The summed E-state index contributed by atoms with van der Waals surface area (Å²) in [6.07, 6.45) is 0.274. The minimum Gasteiger partial charge on any atom is -0.444 e. The number of nitriles is 1. The van der Waals surface area contributed by atoms with Crippen LogP contribution < -0.4 is 5.73 Å². The smallest absolute Gasteiger partial charge is 0.410 e. The van der Waals surface area contributed by atoms with Crippen LogP contribution in [0.15, 0.2) is 0 Å². The van der Waals surface area contributed by atoms with Gasteiger partial charge in [0.05, 0.1) is 12.0 Å². The van der Waals surface area contributed by atoms with E-state index in [2.05, 4.69) is 6.07 Å². The molecule has 1 aliphatic heterocycles. The maximum Gasteiger partial charge on any atom is 0.410 e. The van der Waals surface area contributed by atoms with E-state index in [-0.39, 0.29) is 18.1 Å². The largest absolute Gasteiger partial charge is 0.444 e. The number of rotatable bonds is 0. The summed E-state index contributed by atoms with van der Waals surface area (Å²) < 4.78 is 5.24. The third-order valence-corrected chi connectivity index (χ3v) is 2.48. The lowest BCUT2D eigenvalue weighted by atomic mass is 9.94. The first kappa shape index (κ1) is 12.8. The molecule has 0 bridgehead atoms. The van der Waals surface area contributed by atoms with Gasteiger partial charge in [0, 0.05) is 19.1 Å². The molecule has 1 saturated heterocycles. The lowest BCUT2D eigenvalue weighted by molar-refractivity contribution is 0.0179. The van der Waals surface area contributed by atoms with E-state index in [1.165, 1.54) is 0 Å². The number of hydrogen-bond acceptors (Lipinski definition) is 4. The molecular weight excluding hydrogens is 206 g/mol. The minimum absolute atomic E-state index is 0.154. The van der Waals surface area contributed by atoms with Gasteiger partial charge in [-0.2, -0.15) is 5.26 Å². The Morgan fingerprint density at radius 1 is 1.56 bits per heavy atom. The zero-order valence-corrected chi connectivity index (χ0v) is 10.1. The zero-order chi connectivity index (χ0) is 12.3. The van der Waals surface area contributed by atoms with Gasteiger partial charge in [0.2, 0.25) is 0 Å². The number of carbonyl (C=O) groups excluding carboxylic acids is 1. The van der Waals surface area contributed by atoms with Crippen molar-refractivity contribution < 1.29 is 9.53 Å². The average Bonchev–Trinajstić information content (AvgIpc) is 2.15. The Labute approximate surface area is 96.2 Å². The Balaban J connectivity index is 2.52. The molecular formula is C11H19N3O2. The fraction of sp³-hybridized carbons (Fsp3) is 0.818. The molecule has 1 rings (SSSR count). The first-order valence-corrected chi connectivity index (χ1v) is 5.46. The number of nitrogens with two attached hydrogens (primary N) is 1. The Morgan fingerprint density at radius 2 is 2.19 bits per heavy atom. The second kappa shape index (κ2) is 4.71. The third kappa shape index (κ3) is 3.38. The highest BCUT2D eigenvalue weighted by molar-refractivity contribution is 5.68. The van der Waals surface area contributed by atoms with E-state index >= 15 is 0 Å². The topological polar surface area (TPSA) is 79.3 Å². The highest BCUT2D eigenvalue weighted by Crippen LogP contribution is 2.18. The van der Waals surface area contributed by atoms with E-state index in [1.807, 2.05) is 20.8 Å². The number of amides is 1. The van der Waals surface area contributed by atoms with Crippen LogP contribution >= 0.6 is 0 Å². The van der Waals surface area contributed by atoms with E-state index < -0.39 is 5.60 Å². The summed E-state index contributed by atoms with van der Waals surface area (Å²) in [4.78, 5) is 13.3. The highest BCUT2D eigenvalue weighted by Gasteiger charge is 2.31. The van der Waals surface area contributed by atoms with E-state index in [9.17, 15) is 4.79 Å². The van der Waals surface area contributed by atoms with Gasteiger partial charge in [-0.05, 0) is 27.2 Å². The molecule has 0 spiro atoms. The predicted molar refractivity (Wildman–Crippen MR) is 59.5 cm³/mol. The number of carbonyl (C=O) groups is 1. The Bertz CT molecular complexity index is 303. The lowest BCUT2D eigenvalue weighted by Crippen LogP contribution is -2.51. The van der Waals surface area contributed by atoms with Crippen LogP contribution in [0.25, 0.3) is 0 Å². The molecule has 16 heavy (non-hydrogen) atoms. The van der Waals surface area contributed by atoms with Crippen molar-refractivity contribution in [3.05, 3.63) is 0 Å². The maximum absolute atomic E-state index is 11.7. The van der Waals surface area contributed by atoms with Crippen molar-refractivity contribution in [2.75, 3.05) is 13.1 Å². The summed E-state index contributed by atoms with van der Waals surface area (Å²) in [5.41, 5.74) is 5.32. The van der Waals surface area contributed by atoms with Crippen LogP contribution in [0.4, 0.5) is 4.79 Å². The van der Waals surface area contributed by atoms with Gasteiger partial charge >= 0.3 is 6.09 Å². The van der Waals surface area contributed by atoms with E-state index in [0.717, 1.165) is 0 Å². The number of ether oxygens (including phenoxy) is 1. The van der Waals surface area contributed by atoms with E-state index in [4.69, 9.17) is 15.7 Å². The van der Waals surface area contributed by atoms with Crippen LogP contribution in [0.2, 0.25) is 0 Å². The summed E-state index contributed by atoms with van der Waals surface area (Å²) in [7, 11) is 0. The molecule has 0 aromatic rings. The summed E-state index contributed by atoms with van der Waals surface area (Å²) in [6, 6.07) is 1.89. The van der Waals surface area contributed by atoms with Crippen molar-refractivity contribution in [1.29, 1.82) is 5.26 Å². The van der Waals surface area contributed by atoms with Crippen LogP contribution in [0.5, 0.6) is 0 Å². The van der Waals surface area contributed by atoms with Crippen molar-refractivity contribution in [2.24, 2.45) is 11.7 Å². The van der Waals surface area contributed by atoms with Gasteiger partial charge in [-0.1, -0.05) is 0 Å². The molecule has 2 atom stereocenters. The van der Waals surface area contributed by atoms with Crippen LogP contribution in [0.1, 0.15) is 27.2 Å². The summed E-state index contributed by atoms with van der Waals surface area (Å²) in [5.74, 6) is -0.154. The van der Waals surface area contributed by atoms with Crippen molar-refractivity contribution in [1.82, 2.24) is 4.90 Å². The molecule has 1 fully saturated rings. The van der Waals surface area contributed by atoms with Gasteiger partial charge in [0.25, 0.3) is 0 Å². The molecule has 0 aromatic heterocycles. The predicted octanol–water partition coefficient (Wildman–Crippen LogP) is 1.09. The number of nitrogens with zero attached hydrogens (tertiary/aromatic N) is 2. The number of piperidine rings is 1. The second-order valence-corrected chi connectivity index (χ2v) is 5.11. The van der Waals surface area contributed by atoms with Gasteiger partial charge < -0.3 is 15.4 Å². The van der Waals surface area contributed by atoms with Crippen molar-refractivity contribution in [3.8, 4) is 6.07 Å². The van der Waals surface area contributed by atoms with Gasteiger partial charge in [-0.25, -0.2) is 4.79 Å². The van der Waals surface area contributed by atoms with Crippen LogP contribution in [0.3, 0.4) is 0 Å². The molecule has 5 nitrogen and oxygen atoms in total. The Morgan fingerprint density at radius 3 is 2.62 bits per heavy atom. The van der Waals surface area contributed by atoms with Crippen LogP contribution in [-0.4, -0.2) is 35.7 Å². The van der Waals surface area contributed by atoms with E-state index in [0.29, 0.717) is 19.5 Å². The molecule has 0 aliphatic carbocycles. The zero-order valence-electron chi connectivity index (χ0n) is 10.1. The quantitative estimate of drug-likeness (QED) is 0.669. The van der Waals surface area contributed by atoms with Gasteiger partial charge in [0.15, 0.2) is 0 Å². The first-order chi connectivity index (χ1) is 7.33. The van der Waals surface area contributed by atoms with Gasteiger partial charge in [-0.15, -0.1) is 0 Å². The molecule has 5 heteroatoms. The van der Waals surface area contributed by atoms with Crippen LogP contribution in [-0.2, 0) is 4.74 Å². The molecule has 90 valence electrons. The minimum atomic E-state index is -0.493. The lowest BCUT2D eigenvalue weighted by Gasteiger charge is -2.34. The molecule has 0 aromatic carbocycles. The molecule has 0 saturated carbocycles. The normalized spacial score (nSPS) is 26.1. The fourth-order valence-corrected chi connectivity index (χ4v) is 1.63. The van der Waals surface area contributed by atoms with Crippen LogP contribution in [0, 0.1) is 17.2 Å². The Hall–Kier alpha value is -1.28. The fourth-order valence-electron chi connectivity index (χ4n) is 1.63. The number of hydrogen-bond donors (Lipinski definition) is 1. The molecule has 1 amide bonds. The average molecular weight is 225 g/mol. The van der Waals surface area contributed by atoms with Crippen molar-refractivity contribution in [2.45, 2.75) is 38.8 Å². The molecule has 0 radical (unpaired) electrons. The van der Waals surface area contributed by atoms with Gasteiger partial charge in [-0.3, -0.25) is 0 Å². The van der Waals surface area contributed by atoms with E-state index in [1.54, 1.807) is 4.90 Å². The summed E-state index contributed by atoms with van der Waals surface area (Å²) >= 11 is 0.